The van der Waals surface area contributed by atoms with E-state index in [1.54, 1.807) is 13.2 Å². The van der Waals surface area contributed by atoms with Crippen LogP contribution in [0.3, 0.4) is 0 Å². The van der Waals surface area contributed by atoms with Gasteiger partial charge in [-0.1, -0.05) is 26.0 Å². The first-order valence-electron chi connectivity index (χ1n) is 7.86. The molecule has 134 valence electrons. The van der Waals surface area contributed by atoms with E-state index in [-0.39, 0.29) is 23.6 Å². The Morgan fingerprint density at radius 1 is 1.08 bits per heavy atom. The van der Waals surface area contributed by atoms with Gasteiger partial charge in [-0.2, -0.15) is 0 Å². The highest BCUT2D eigenvalue weighted by molar-refractivity contribution is 7.89. The second-order valence-corrected chi connectivity index (χ2v) is 8.22. The number of hydrogen-bond donors (Lipinski definition) is 1. The fourth-order valence-electron chi connectivity index (χ4n) is 2.55. The van der Waals surface area contributed by atoms with Gasteiger partial charge in [-0.05, 0) is 29.8 Å². The molecule has 0 atom stereocenters. The average Bonchev–Trinajstić information content (AvgIpc) is 3.08. The predicted octanol–water partition coefficient (Wildman–Crippen LogP) is 2.68. The molecule has 2 aromatic carbocycles. The first-order chi connectivity index (χ1) is 11.8. The van der Waals surface area contributed by atoms with E-state index in [4.69, 9.17) is 14.2 Å². The molecular formula is C18H21NO5S. The molecule has 0 radical (unpaired) electrons. The molecule has 2 aromatic rings. The van der Waals surface area contributed by atoms with E-state index >= 15 is 0 Å². The van der Waals surface area contributed by atoms with Gasteiger partial charge in [0, 0.05) is 18.0 Å². The molecule has 3 rings (SSSR count). The van der Waals surface area contributed by atoms with Crippen LogP contribution >= 0.6 is 0 Å². The van der Waals surface area contributed by atoms with Gasteiger partial charge in [-0.25, -0.2) is 13.1 Å². The molecule has 0 aromatic heterocycles. The minimum Gasteiger partial charge on any atom is -0.497 e. The highest BCUT2D eigenvalue weighted by Crippen LogP contribution is 2.34. The summed E-state index contributed by atoms with van der Waals surface area (Å²) in [5.74, 6) is 1.76. The van der Waals surface area contributed by atoms with Crippen molar-refractivity contribution in [3.8, 4) is 17.2 Å². The molecule has 1 aliphatic heterocycles. The van der Waals surface area contributed by atoms with Crippen molar-refractivity contribution in [1.82, 2.24) is 4.72 Å². The van der Waals surface area contributed by atoms with Gasteiger partial charge in [0.15, 0.2) is 11.5 Å². The van der Waals surface area contributed by atoms with Crippen molar-refractivity contribution in [3.05, 3.63) is 48.0 Å². The van der Waals surface area contributed by atoms with Crippen LogP contribution in [-0.2, 0) is 15.4 Å². The summed E-state index contributed by atoms with van der Waals surface area (Å²) in [6, 6.07) is 12.2. The number of rotatable bonds is 6. The van der Waals surface area contributed by atoms with Crippen molar-refractivity contribution in [3.63, 3.8) is 0 Å². The molecule has 0 aliphatic carbocycles. The van der Waals surface area contributed by atoms with Crippen LogP contribution in [-0.4, -0.2) is 28.9 Å². The molecule has 6 nitrogen and oxygen atoms in total. The van der Waals surface area contributed by atoms with Crippen molar-refractivity contribution in [2.75, 3.05) is 20.4 Å². The van der Waals surface area contributed by atoms with Crippen LogP contribution < -0.4 is 18.9 Å². The van der Waals surface area contributed by atoms with E-state index < -0.39 is 10.0 Å². The van der Waals surface area contributed by atoms with Gasteiger partial charge in [0.25, 0.3) is 0 Å². The topological polar surface area (TPSA) is 73.9 Å². The third-order valence-corrected chi connectivity index (χ3v) is 5.63. The molecule has 25 heavy (non-hydrogen) atoms. The molecule has 0 unspecified atom stereocenters. The maximum atomic E-state index is 12.6. The standard InChI is InChI=1S/C18H21NO5S/c1-18(2,13-4-6-14(22-3)7-5-13)11-19-25(20,21)15-8-9-16-17(10-15)24-12-23-16/h4-10,19H,11-12H2,1-3H3. The van der Waals surface area contributed by atoms with Gasteiger partial charge < -0.3 is 14.2 Å². The second kappa shape index (κ2) is 6.57. The van der Waals surface area contributed by atoms with Gasteiger partial charge in [-0.15, -0.1) is 0 Å². The minimum atomic E-state index is -3.65. The normalized spacial score (nSPS) is 13.7. The smallest absolute Gasteiger partial charge is 0.240 e. The van der Waals surface area contributed by atoms with Crippen molar-refractivity contribution >= 4 is 10.0 Å². The summed E-state index contributed by atoms with van der Waals surface area (Å²) in [4.78, 5) is 0.155. The number of nitrogens with one attached hydrogen (secondary N) is 1. The molecule has 0 fully saturated rings. The van der Waals surface area contributed by atoms with Crippen LogP contribution in [0.2, 0.25) is 0 Å². The minimum absolute atomic E-state index is 0.108. The first kappa shape index (κ1) is 17.6. The first-order valence-corrected chi connectivity index (χ1v) is 9.34. The summed E-state index contributed by atoms with van der Waals surface area (Å²) in [6.07, 6.45) is 0. The van der Waals surface area contributed by atoms with Gasteiger partial charge in [0.05, 0.1) is 12.0 Å². The summed E-state index contributed by atoms with van der Waals surface area (Å²) < 4.78 is 43.5. The van der Waals surface area contributed by atoms with Gasteiger partial charge in [0.1, 0.15) is 5.75 Å². The van der Waals surface area contributed by atoms with Gasteiger partial charge in [0.2, 0.25) is 16.8 Å². The van der Waals surface area contributed by atoms with E-state index in [0.29, 0.717) is 11.5 Å². The molecule has 0 bridgehead atoms. The predicted molar refractivity (Wildman–Crippen MR) is 93.8 cm³/mol. The Bertz CT molecular complexity index is 860. The van der Waals surface area contributed by atoms with Crippen LogP contribution in [0.15, 0.2) is 47.4 Å². The third kappa shape index (κ3) is 3.72. The summed E-state index contributed by atoms with van der Waals surface area (Å²) >= 11 is 0. The number of hydrogen-bond acceptors (Lipinski definition) is 5. The van der Waals surface area contributed by atoms with Crippen LogP contribution in [0.5, 0.6) is 17.2 Å². The van der Waals surface area contributed by atoms with E-state index in [2.05, 4.69) is 4.72 Å². The fourth-order valence-corrected chi connectivity index (χ4v) is 3.77. The Morgan fingerprint density at radius 2 is 1.76 bits per heavy atom. The summed E-state index contributed by atoms with van der Waals surface area (Å²) in [6.45, 7) is 4.33. The fraction of sp³-hybridized carbons (Fsp3) is 0.333. The lowest BCUT2D eigenvalue weighted by molar-refractivity contribution is 0.174. The zero-order valence-corrected chi connectivity index (χ0v) is 15.2. The van der Waals surface area contributed by atoms with Crippen LogP contribution in [0, 0.1) is 0 Å². The number of ether oxygens (including phenoxy) is 3. The molecular weight excluding hydrogens is 342 g/mol. The van der Waals surface area contributed by atoms with Gasteiger partial charge in [-0.3, -0.25) is 0 Å². The molecule has 0 spiro atoms. The Kier molecular flexibility index (Phi) is 4.62. The Morgan fingerprint density at radius 3 is 2.44 bits per heavy atom. The molecule has 7 heteroatoms. The highest BCUT2D eigenvalue weighted by Gasteiger charge is 2.25. The number of fused-ring (bicyclic) bond motifs is 1. The van der Waals surface area contributed by atoms with Crippen LogP contribution in [0.4, 0.5) is 0 Å². The lowest BCUT2D eigenvalue weighted by Gasteiger charge is -2.25. The largest absolute Gasteiger partial charge is 0.497 e. The average molecular weight is 363 g/mol. The van der Waals surface area contributed by atoms with E-state index in [1.165, 1.54) is 12.1 Å². The SMILES string of the molecule is COc1ccc(C(C)(C)CNS(=O)(=O)c2ccc3c(c2)OCO3)cc1. The van der Waals surface area contributed by atoms with Crippen LogP contribution in [0.1, 0.15) is 19.4 Å². The summed E-state index contributed by atoms with van der Waals surface area (Å²) in [5.41, 5.74) is 0.636. The van der Waals surface area contributed by atoms with Crippen molar-refractivity contribution in [2.45, 2.75) is 24.2 Å². The molecule has 0 saturated heterocycles. The maximum Gasteiger partial charge on any atom is 0.240 e. The van der Waals surface area contributed by atoms with Crippen molar-refractivity contribution in [2.24, 2.45) is 0 Å². The van der Waals surface area contributed by atoms with E-state index in [1.807, 2.05) is 38.1 Å². The quantitative estimate of drug-likeness (QED) is 0.854. The zero-order chi connectivity index (χ0) is 18.1. The monoisotopic (exact) mass is 363 g/mol. The highest BCUT2D eigenvalue weighted by atomic mass is 32.2. The molecule has 1 N–H and O–H groups in total. The zero-order valence-electron chi connectivity index (χ0n) is 14.4. The lowest BCUT2D eigenvalue weighted by Crippen LogP contribution is -2.36. The number of methoxy groups -OCH3 is 1. The lowest BCUT2D eigenvalue weighted by atomic mass is 9.85. The summed E-state index contributed by atoms with van der Waals surface area (Å²) in [7, 11) is -2.04. The molecule has 1 aliphatic rings. The molecule has 1 heterocycles. The summed E-state index contributed by atoms with van der Waals surface area (Å²) in [5, 5.41) is 0. The Labute approximate surface area is 147 Å². The Hall–Kier alpha value is -2.25. The second-order valence-electron chi connectivity index (χ2n) is 6.45. The van der Waals surface area contributed by atoms with E-state index in [0.717, 1.165) is 11.3 Å². The number of benzene rings is 2. The number of sulfonamides is 1. The third-order valence-electron chi connectivity index (χ3n) is 4.23. The van der Waals surface area contributed by atoms with Crippen LogP contribution in [0.25, 0.3) is 0 Å². The van der Waals surface area contributed by atoms with Gasteiger partial charge >= 0.3 is 0 Å². The van der Waals surface area contributed by atoms with Crippen molar-refractivity contribution < 1.29 is 22.6 Å². The molecule has 0 saturated carbocycles. The Balaban J connectivity index is 1.74. The maximum absolute atomic E-state index is 12.6. The van der Waals surface area contributed by atoms with Crippen molar-refractivity contribution in [1.29, 1.82) is 0 Å². The van der Waals surface area contributed by atoms with E-state index in [9.17, 15) is 8.42 Å². The molecule has 0 amide bonds.